The maximum atomic E-state index is 12.2. The van der Waals surface area contributed by atoms with Crippen LogP contribution in [0.2, 0.25) is 0 Å². The zero-order chi connectivity index (χ0) is 13.1. The van der Waals surface area contributed by atoms with Gasteiger partial charge in [-0.1, -0.05) is 38.8 Å². The molecule has 0 heterocycles. The average molecular weight is 310 g/mol. The SMILES string of the molecule is C[C@@H]1[C@H](C)CCC[C@H]1NC(=O)c1ccccc1Br. The Hall–Kier alpha value is -0.830. The van der Waals surface area contributed by atoms with Crippen LogP contribution in [0, 0.1) is 11.8 Å². The van der Waals surface area contributed by atoms with Crippen molar-refractivity contribution < 1.29 is 4.79 Å². The summed E-state index contributed by atoms with van der Waals surface area (Å²) >= 11 is 3.43. The van der Waals surface area contributed by atoms with E-state index < -0.39 is 0 Å². The Morgan fingerprint density at radius 1 is 1.28 bits per heavy atom. The Bertz CT molecular complexity index is 432. The first-order chi connectivity index (χ1) is 8.59. The number of amides is 1. The lowest BCUT2D eigenvalue weighted by molar-refractivity contribution is 0.0890. The summed E-state index contributed by atoms with van der Waals surface area (Å²) in [7, 11) is 0. The van der Waals surface area contributed by atoms with Crippen LogP contribution in [0.15, 0.2) is 28.7 Å². The van der Waals surface area contributed by atoms with Gasteiger partial charge in [-0.15, -0.1) is 0 Å². The molecule has 1 saturated carbocycles. The standard InChI is InChI=1S/C15H20BrNO/c1-10-6-5-9-14(11(10)2)17-15(18)12-7-3-4-8-13(12)16/h3-4,7-8,10-11,14H,5-6,9H2,1-2H3,(H,17,18)/t10-,11-,14-/m1/s1. The summed E-state index contributed by atoms with van der Waals surface area (Å²) in [5.41, 5.74) is 0.725. The summed E-state index contributed by atoms with van der Waals surface area (Å²) in [6.07, 6.45) is 3.59. The number of nitrogens with one attached hydrogen (secondary N) is 1. The fourth-order valence-corrected chi connectivity index (χ4v) is 3.14. The highest BCUT2D eigenvalue weighted by atomic mass is 79.9. The molecule has 3 atom stereocenters. The van der Waals surface area contributed by atoms with Gasteiger partial charge in [0, 0.05) is 10.5 Å². The smallest absolute Gasteiger partial charge is 0.252 e. The quantitative estimate of drug-likeness (QED) is 0.879. The molecule has 1 aromatic rings. The molecule has 1 aliphatic rings. The molecule has 1 amide bonds. The van der Waals surface area contributed by atoms with Crippen LogP contribution in [0.25, 0.3) is 0 Å². The number of rotatable bonds is 2. The first-order valence-electron chi connectivity index (χ1n) is 6.65. The lowest BCUT2D eigenvalue weighted by Crippen LogP contribution is -2.43. The summed E-state index contributed by atoms with van der Waals surface area (Å²) in [4.78, 5) is 12.2. The van der Waals surface area contributed by atoms with Gasteiger partial charge in [-0.05, 0) is 46.3 Å². The number of carbonyl (C=O) groups excluding carboxylic acids is 1. The van der Waals surface area contributed by atoms with Gasteiger partial charge < -0.3 is 5.32 Å². The Labute approximate surface area is 117 Å². The molecule has 2 nitrogen and oxygen atoms in total. The van der Waals surface area contributed by atoms with Crippen molar-refractivity contribution in [3.63, 3.8) is 0 Å². The molecular weight excluding hydrogens is 290 g/mol. The number of benzene rings is 1. The number of hydrogen-bond donors (Lipinski definition) is 1. The van der Waals surface area contributed by atoms with E-state index in [-0.39, 0.29) is 5.91 Å². The third-order valence-corrected chi connectivity index (χ3v) is 4.83. The van der Waals surface area contributed by atoms with Gasteiger partial charge >= 0.3 is 0 Å². The minimum absolute atomic E-state index is 0.0356. The van der Waals surface area contributed by atoms with Crippen LogP contribution in [0.5, 0.6) is 0 Å². The maximum Gasteiger partial charge on any atom is 0.252 e. The van der Waals surface area contributed by atoms with E-state index in [0.29, 0.717) is 17.9 Å². The van der Waals surface area contributed by atoms with Crippen LogP contribution in [-0.2, 0) is 0 Å². The lowest BCUT2D eigenvalue weighted by atomic mass is 9.78. The molecular formula is C15H20BrNO. The summed E-state index contributed by atoms with van der Waals surface area (Å²) in [5.74, 6) is 1.29. The van der Waals surface area contributed by atoms with Gasteiger partial charge in [0.1, 0.15) is 0 Å². The molecule has 3 heteroatoms. The van der Waals surface area contributed by atoms with Crippen molar-refractivity contribution in [2.75, 3.05) is 0 Å². The fraction of sp³-hybridized carbons (Fsp3) is 0.533. The normalized spacial score (nSPS) is 27.8. The zero-order valence-electron chi connectivity index (χ0n) is 10.9. The molecule has 0 bridgehead atoms. The molecule has 18 heavy (non-hydrogen) atoms. The van der Waals surface area contributed by atoms with E-state index >= 15 is 0 Å². The van der Waals surface area contributed by atoms with Crippen molar-refractivity contribution in [2.24, 2.45) is 11.8 Å². The van der Waals surface area contributed by atoms with E-state index in [2.05, 4.69) is 35.1 Å². The molecule has 1 aromatic carbocycles. The second-order valence-corrected chi connectivity index (χ2v) is 6.18. The second kappa shape index (κ2) is 5.87. The van der Waals surface area contributed by atoms with E-state index in [4.69, 9.17) is 0 Å². The van der Waals surface area contributed by atoms with Gasteiger partial charge in [-0.3, -0.25) is 4.79 Å². The van der Waals surface area contributed by atoms with E-state index in [1.807, 2.05) is 24.3 Å². The third-order valence-electron chi connectivity index (χ3n) is 4.14. The van der Waals surface area contributed by atoms with E-state index in [9.17, 15) is 4.79 Å². The fourth-order valence-electron chi connectivity index (χ4n) is 2.68. The number of carbonyl (C=O) groups is 1. The summed E-state index contributed by atoms with van der Waals surface area (Å²) in [5, 5.41) is 3.19. The largest absolute Gasteiger partial charge is 0.349 e. The van der Waals surface area contributed by atoms with Crippen molar-refractivity contribution in [3.8, 4) is 0 Å². The van der Waals surface area contributed by atoms with Crippen molar-refractivity contribution in [1.82, 2.24) is 5.32 Å². The summed E-state index contributed by atoms with van der Waals surface area (Å²) in [6, 6.07) is 7.89. The zero-order valence-corrected chi connectivity index (χ0v) is 12.5. The Kier molecular flexibility index (Phi) is 4.44. The Morgan fingerprint density at radius 3 is 2.72 bits per heavy atom. The maximum absolute atomic E-state index is 12.2. The number of halogens is 1. The van der Waals surface area contributed by atoms with Gasteiger partial charge in [0.25, 0.3) is 5.91 Å². The number of hydrogen-bond acceptors (Lipinski definition) is 1. The first-order valence-corrected chi connectivity index (χ1v) is 7.44. The third kappa shape index (κ3) is 2.94. The summed E-state index contributed by atoms with van der Waals surface area (Å²) in [6.45, 7) is 4.52. The van der Waals surface area contributed by atoms with Gasteiger partial charge in [-0.25, -0.2) is 0 Å². The van der Waals surface area contributed by atoms with E-state index in [1.54, 1.807) is 0 Å². The topological polar surface area (TPSA) is 29.1 Å². The minimum Gasteiger partial charge on any atom is -0.349 e. The van der Waals surface area contributed by atoms with Crippen molar-refractivity contribution >= 4 is 21.8 Å². The van der Waals surface area contributed by atoms with Crippen molar-refractivity contribution in [1.29, 1.82) is 0 Å². The van der Waals surface area contributed by atoms with E-state index in [1.165, 1.54) is 12.8 Å². The molecule has 1 aliphatic carbocycles. The Balaban J connectivity index is 2.05. The van der Waals surface area contributed by atoms with Gasteiger partial charge in [-0.2, -0.15) is 0 Å². The van der Waals surface area contributed by atoms with Crippen LogP contribution in [-0.4, -0.2) is 11.9 Å². The van der Waals surface area contributed by atoms with Gasteiger partial charge in [0.05, 0.1) is 5.56 Å². The highest BCUT2D eigenvalue weighted by Crippen LogP contribution is 2.29. The molecule has 0 spiro atoms. The van der Waals surface area contributed by atoms with Crippen LogP contribution < -0.4 is 5.32 Å². The second-order valence-electron chi connectivity index (χ2n) is 5.33. The van der Waals surface area contributed by atoms with Crippen LogP contribution in [0.3, 0.4) is 0 Å². The van der Waals surface area contributed by atoms with Crippen molar-refractivity contribution in [2.45, 2.75) is 39.2 Å². The molecule has 2 rings (SSSR count). The monoisotopic (exact) mass is 309 g/mol. The predicted octanol–water partition coefficient (Wildman–Crippen LogP) is 4.00. The molecule has 0 aromatic heterocycles. The van der Waals surface area contributed by atoms with E-state index in [0.717, 1.165) is 16.5 Å². The molecule has 0 saturated heterocycles. The molecule has 98 valence electrons. The van der Waals surface area contributed by atoms with Crippen molar-refractivity contribution in [3.05, 3.63) is 34.3 Å². The highest BCUT2D eigenvalue weighted by Gasteiger charge is 2.28. The first kappa shape index (κ1) is 13.6. The molecule has 0 unspecified atom stereocenters. The lowest BCUT2D eigenvalue weighted by Gasteiger charge is -2.34. The van der Waals surface area contributed by atoms with Gasteiger partial charge in [0.15, 0.2) is 0 Å². The van der Waals surface area contributed by atoms with Crippen LogP contribution >= 0.6 is 15.9 Å². The minimum atomic E-state index is 0.0356. The van der Waals surface area contributed by atoms with Gasteiger partial charge in [0.2, 0.25) is 0 Å². The molecule has 1 fully saturated rings. The Morgan fingerprint density at radius 2 is 2.00 bits per heavy atom. The average Bonchev–Trinajstić information content (AvgIpc) is 2.35. The highest BCUT2D eigenvalue weighted by molar-refractivity contribution is 9.10. The molecule has 1 N–H and O–H groups in total. The molecule has 0 aliphatic heterocycles. The molecule has 0 radical (unpaired) electrons. The summed E-state index contributed by atoms with van der Waals surface area (Å²) < 4.78 is 0.860. The predicted molar refractivity (Wildman–Crippen MR) is 77.6 cm³/mol. The van der Waals surface area contributed by atoms with Crippen LogP contribution in [0.4, 0.5) is 0 Å². The van der Waals surface area contributed by atoms with Crippen LogP contribution in [0.1, 0.15) is 43.5 Å².